The van der Waals surface area contributed by atoms with Gasteiger partial charge in [0.25, 0.3) is 0 Å². The molecule has 2 nitrogen and oxygen atoms in total. The van der Waals surface area contributed by atoms with E-state index in [4.69, 9.17) is 0 Å². The van der Waals surface area contributed by atoms with Gasteiger partial charge in [-0.15, -0.1) is 0 Å². The Morgan fingerprint density at radius 1 is 1.29 bits per heavy atom. The van der Waals surface area contributed by atoms with Crippen molar-refractivity contribution in [2.75, 3.05) is 0 Å². The molecule has 2 rings (SSSR count). The van der Waals surface area contributed by atoms with Crippen molar-refractivity contribution in [2.45, 2.75) is 32.6 Å². The second kappa shape index (κ2) is 3.68. The molecule has 3 unspecified atom stereocenters. The standard InChI is InChI=1S/C12H16O2/c1-2-3-11(13)12(14)10-7-8-4-5-9(10)6-8/h4-5,8-10H,2-3,6-7H2,1H3. The van der Waals surface area contributed by atoms with E-state index in [9.17, 15) is 9.59 Å². The minimum absolute atomic E-state index is 0.0176. The molecule has 0 amide bonds. The van der Waals surface area contributed by atoms with E-state index >= 15 is 0 Å². The van der Waals surface area contributed by atoms with Crippen LogP contribution in [0.15, 0.2) is 12.2 Å². The van der Waals surface area contributed by atoms with Crippen molar-refractivity contribution >= 4 is 11.6 Å². The first-order chi connectivity index (χ1) is 6.72. The molecule has 2 aliphatic rings. The summed E-state index contributed by atoms with van der Waals surface area (Å²) < 4.78 is 0. The van der Waals surface area contributed by atoms with E-state index < -0.39 is 0 Å². The molecule has 1 saturated carbocycles. The van der Waals surface area contributed by atoms with E-state index in [2.05, 4.69) is 12.2 Å². The van der Waals surface area contributed by atoms with Gasteiger partial charge in [0, 0.05) is 12.3 Å². The van der Waals surface area contributed by atoms with Gasteiger partial charge in [-0.2, -0.15) is 0 Å². The van der Waals surface area contributed by atoms with Crippen LogP contribution in [0.3, 0.4) is 0 Å². The summed E-state index contributed by atoms with van der Waals surface area (Å²) in [4.78, 5) is 23.2. The Morgan fingerprint density at radius 2 is 2.07 bits per heavy atom. The minimum atomic E-state index is -0.154. The number of hydrogen-bond donors (Lipinski definition) is 0. The van der Waals surface area contributed by atoms with Crippen LogP contribution in [0.25, 0.3) is 0 Å². The average Bonchev–Trinajstić information content (AvgIpc) is 2.77. The average molecular weight is 192 g/mol. The van der Waals surface area contributed by atoms with Crippen LogP contribution in [0.1, 0.15) is 32.6 Å². The molecule has 2 heteroatoms. The molecule has 0 spiro atoms. The molecule has 0 saturated heterocycles. The summed E-state index contributed by atoms with van der Waals surface area (Å²) in [5, 5.41) is 0. The summed E-state index contributed by atoms with van der Waals surface area (Å²) >= 11 is 0. The first-order valence-corrected chi connectivity index (χ1v) is 5.47. The number of ketones is 2. The highest BCUT2D eigenvalue weighted by atomic mass is 16.2. The van der Waals surface area contributed by atoms with Crippen LogP contribution >= 0.6 is 0 Å². The molecular formula is C12H16O2. The van der Waals surface area contributed by atoms with E-state index in [0.717, 1.165) is 19.3 Å². The molecule has 0 aromatic heterocycles. The molecule has 0 aromatic rings. The molecule has 0 N–H and O–H groups in total. The smallest absolute Gasteiger partial charge is 0.202 e. The molecule has 0 aromatic carbocycles. The van der Waals surface area contributed by atoms with Crippen molar-refractivity contribution in [2.24, 2.45) is 17.8 Å². The lowest BCUT2D eigenvalue weighted by molar-refractivity contribution is -0.139. The third kappa shape index (κ3) is 1.54. The summed E-state index contributed by atoms with van der Waals surface area (Å²) in [6.45, 7) is 1.94. The largest absolute Gasteiger partial charge is 0.291 e. The van der Waals surface area contributed by atoms with Crippen molar-refractivity contribution in [1.82, 2.24) is 0 Å². The van der Waals surface area contributed by atoms with Crippen LogP contribution in [0.4, 0.5) is 0 Å². The number of allylic oxidation sites excluding steroid dienone is 2. The van der Waals surface area contributed by atoms with Gasteiger partial charge in [-0.1, -0.05) is 19.1 Å². The van der Waals surface area contributed by atoms with Crippen LogP contribution < -0.4 is 0 Å². The Balaban J connectivity index is 1.99. The molecule has 1 fully saturated rings. The lowest BCUT2D eigenvalue weighted by atomic mass is 9.87. The highest BCUT2D eigenvalue weighted by Gasteiger charge is 2.41. The molecule has 0 aliphatic heterocycles. The minimum Gasteiger partial charge on any atom is -0.291 e. The molecule has 0 radical (unpaired) electrons. The molecule has 2 aliphatic carbocycles. The lowest BCUT2D eigenvalue weighted by Gasteiger charge is -2.15. The van der Waals surface area contributed by atoms with Gasteiger partial charge >= 0.3 is 0 Å². The van der Waals surface area contributed by atoms with Crippen molar-refractivity contribution in [3.63, 3.8) is 0 Å². The van der Waals surface area contributed by atoms with Gasteiger partial charge in [-0.05, 0) is 31.1 Å². The molecule has 3 atom stereocenters. The third-order valence-corrected chi connectivity index (χ3v) is 3.37. The van der Waals surface area contributed by atoms with Crippen molar-refractivity contribution in [3.8, 4) is 0 Å². The number of carbonyl (C=O) groups is 2. The fraction of sp³-hybridized carbons (Fsp3) is 0.667. The highest BCUT2D eigenvalue weighted by molar-refractivity contribution is 6.38. The van der Waals surface area contributed by atoms with Crippen LogP contribution in [0.5, 0.6) is 0 Å². The summed E-state index contributed by atoms with van der Waals surface area (Å²) in [5.74, 6) is 0.697. The second-order valence-electron chi connectivity index (χ2n) is 4.42. The predicted octanol–water partition coefficient (Wildman–Crippen LogP) is 2.14. The molecule has 76 valence electrons. The van der Waals surface area contributed by atoms with E-state index in [1.807, 2.05) is 6.92 Å². The highest BCUT2D eigenvalue weighted by Crippen LogP contribution is 2.43. The Labute approximate surface area is 84.4 Å². The summed E-state index contributed by atoms with van der Waals surface area (Å²) in [5.41, 5.74) is 0. The Hall–Kier alpha value is -0.920. The van der Waals surface area contributed by atoms with Crippen molar-refractivity contribution in [1.29, 1.82) is 0 Å². The fourth-order valence-electron chi connectivity index (χ4n) is 2.64. The quantitative estimate of drug-likeness (QED) is 0.505. The summed E-state index contributed by atoms with van der Waals surface area (Å²) in [7, 11) is 0. The SMILES string of the molecule is CCCC(=O)C(=O)C1CC2C=CC1C2. The maximum Gasteiger partial charge on any atom is 0.202 e. The van der Waals surface area contributed by atoms with Gasteiger partial charge < -0.3 is 0 Å². The molecular weight excluding hydrogens is 176 g/mol. The van der Waals surface area contributed by atoms with E-state index in [1.165, 1.54) is 0 Å². The summed E-state index contributed by atoms with van der Waals surface area (Å²) in [6, 6.07) is 0. The first-order valence-electron chi connectivity index (χ1n) is 5.47. The second-order valence-corrected chi connectivity index (χ2v) is 4.42. The number of Topliss-reactive ketones (excluding diaryl/α,β-unsaturated/α-hetero) is 2. The fourth-order valence-corrected chi connectivity index (χ4v) is 2.64. The monoisotopic (exact) mass is 192 g/mol. The van der Waals surface area contributed by atoms with Gasteiger partial charge in [0.05, 0.1) is 0 Å². The maximum absolute atomic E-state index is 11.7. The van der Waals surface area contributed by atoms with Crippen LogP contribution in [-0.2, 0) is 9.59 Å². The number of rotatable bonds is 4. The third-order valence-electron chi connectivity index (χ3n) is 3.37. The van der Waals surface area contributed by atoms with E-state index in [-0.39, 0.29) is 17.5 Å². The Morgan fingerprint density at radius 3 is 2.57 bits per heavy atom. The Bertz CT molecular complexity index is 291. The number of fused-ring (bicyclic) bond motifs is 2. The Kier molecular flexibility index (Phi) is 2.53. The first kappa shape index (κ1) is 9.63. The zero-order chi connectivity index (χ0) is 10.1. The van der Waals surface area contributed by atoms with Gasteiger partial charge in [-0.25, -0.2) is 0 Å². The van der Waals surface area contributed by atoms with Crippen LogP contribution in [0.2, 0.25) is 0 Å². The zero-order valence-corrected chi connectivity index (χ0v) is 8.53. The topological polar surface area (TPSA) is 34.1 Å². The maximum atomic E-state index is 11.7. The predicted molar refractivity (Wildman–Crippen MR) is 53.8 cm³/mol. The van der Waals surface area contributed by atoms with Gasteiger partial charge in [0.15, 0.2) is 5.78 Å². The number of hydrogen-bond acceptors (Lipinski definition) is 2. The van der Waals surface area contributed by atoms with Crippen molar-refractivity contribution in [3.05, 3.63) is 12.2 Å². The normalized spacial score (nSPS) is 33.6. The number of carbonyl (C=O) groups excluding carboxylic acids is 2. The van der Waals surface area contributed by atoms with Gasteiger partial charge in [0.2, 0.25) is 5.78 Å². The van der Waals surface area contributed by atoms with Crippen LogP contribution in [-0.4, -0.2) is 11.6 Å². The van der Waals surface area contributed by atoms with Gasteiger partial charge in [0.1, 0.15) is 0 Å². The zero-order valence-electron chi connectivity index (χ0n) is 8.53. The van der Waals surface area contributed by atoms with E-state index in [0.29, 0.717) is 18.3 Å². The van der Waals surface area contributed by atoms with E-state index in [1.54, 1.807) is 0 Å². The van der Waals surface area contributed by atoms with Crippen molar-refractivity contribution < 1.29 is 9.59 Å². The van der Waals surface area contributed by atoms with Crippen LogP contribution in [0, 0.1) is 17.8 Å². The molecule has 2 bridgehead atoms. The molecule has 0 heterocycles. The molecule has 14 heavy (non-hydrogen) atoms. The summed E-state index contributed by atoms with van der Waals surface area (Å²) in [6.07, 6.45) is 7.53. The lowest BCUT2D eigenvalue weighted by Crippen LogP contribution is -2.26. The van der Waals surface area contributed by atoms with Gasteiger partial charge in [-0.3, -0.25) is 9.59 Å².